The minimum atomic E-state index is -0.457. The first-order valence-electron chi connectivity index (χ1n) is 5.40. The van der Waals surface area contributed by atoms with Gasteiger partial charge in [0, 0.05) is 10.3 Å². The highest BCUT2D eigenvalue weighted by Crippen LogP contribution is 2.27. The minimum absolute atomic E-state index is 0.393. The number of ether oxygens (including phenoxy) is 1. The van der Waals surface area contributed by atoms with Crippen LogP contribution in [0, 0.1) is 6.92 Å². The van der Waals surface area contributed by atoms with Gasteiger partial charge in [0.25, 0.3) is 0 Å². The van der Waals surface area contributed by atoms with E-state index in [4.69, 9.17) is 4.74 Å². The van der Waals surface area contributed by atoms with E-state index in [1.165, 1.54) is 4.88 Å². The molecule has 0 aliphatic rings. The van der Waals surface area contributed by atoms with Crippen molar-refractivity contribution in [3.8, 4) is 0 Å². The molecule has 1 aromatic heterocycles. The number of hydrogen-bond donors (Lipinski definition) is 1. The highest BCUT2D eigenvalue weighted by atomic mass is 32.1. The van der Waals surface area contributed by atoms with Gasteiger partial charge in [-0.2, -0.15) is 0 Å². The lowest BCUT2D eigenvalue weighted by molar-refractivity contribution is 0.0636. The van der Waals surface area contributed by atoms with Gasteiger partial charge < -0.3 is 4.74 Å². The third-order valence-corrected chi connectivity index (χ3v) is 3.33. The van der Waals surface area contributed by atoms with Gasteiger partial charge in [-0.3, -0.25) is 5.32 Å². The molecule has 1 heterocycles. The second-order valence-corrected chi connectivity index (χ2v) is 5.64. The predicted molar refractivity (Wildman–Crippen MR) is 68.3 cm³/mol. The lowest BCUT2D eigenvalue weighted by Gasteiger charge is -2.19. The Kier molecular flexibility index (Phi) is 3.97. The molecule has 90 valence electrons. The molecule has 1 aromatic rings. The smallest absolute Gasteiger partial charge is 0.412 e. The van der Waals surface area contributed by atoms with Gasteiger partial charge in [0.1, 0.15) is 5.60 Å². The van der Waals surface area contributed by atoms with E-state index in [0.29, 0.717) is 0 Å². The van der Waals surface area contributed by atoms with E-state index >= 15 is 0 Å². The second-order valence-electron chi connectivity index (χ2n) is 4.68. The van der Waals surface area contributed by atoms with Crippen molar-refractivity contribution in [2.45, 2.75) is 46.6 Å². The summed E-state index contributed by atoms with van der Waals surface area (Å²) in [5, 5.41) is 4.73. The zero-order valence-electron chi connectivity index (χ0n) is 10.5. The van der Waals surface area contributed by atoms with E-state index in [-0.39, 0.29) is 0 Å². The third kappa shape index (κ3) is 3.52. The van der Waals surface area contributed by atoms with E-state index in [9.17, 15) is 4.79 Å². The number of anilines is 1. The third-order valence-electron chi connectivity index (χ3n) is 2.10. The van der Waals surface area contributed by atoms with E-state index in [1.54, 1.807) is 11.3 Å². The number of nitrogens with one attached hydrogen (secondary N) is 1. The van der Waals surface area contributed by atoms with E-state index in [0.717, 1.165) is 17.7 Å². The van der Waals surface area contributed by atoms with Crippen molar-refractivity contribution in [1.29, 1.82) is 0 Å². The molecule has 0 saturated heterocycles. The highest BCUT2D eigenvalue weighted by molar-refractivity contribution is 7.10. The Bertz CT molecular complexity index is 377. The average Bonchev–Trinajstić information content (AvgIpc) is 2.44. The Morgan fingerprint density at radius 1 is 1.50 bits per heavy atom. The van der Waals surface area contributed by atoms with Gasteiger partial charge in [-0.05, 0) is 39.7 Å². The van der Waals surface area contributed by atoms with E-state index in [1.807, 2.05) is 33.1 Å². The first-order chi connectivity index (χ1) is 7.33. The maximum Gasteiger partial charge on any atom is 0.412 e. The van der Waals surface area contributed by atoms with Crippen molar-refractivity contribution in [2.75, 3.05) is 5.32 Å². The van der Waals surface area contributed by atoms with Crippen LogP contribution in [0.5, 0.6) is 0 Å². The molecule has 0 aliphatic carbocycles. The van der Waals surface area contributed by atoms with Crippen molar-refractivity contribution in [2.24, 2.45) is 0 Å². The molecule has 16 heavy (non-hydrogen) atoms. The van der Waals surface area contributed by atoms with Gasteiger partial charge in [-0.25, -0.2) is 4.79 Å². The van der Waals surface area contributed by atoms with Gasteiger partial charge in [0.2, 0.25) is 0 Å². The fraction of sp³-hybridized carbons (Fsp3) is 0.583. The molecule has 3 nitrogen and oxygen atoms in total. The van der Waals surface area contributed by atoms with Crippen LogP contribution in [0.1, 0.15) is 38.1 Å². The van der Waals surface area contributed by atoms with Crippen molar-refractivity contribution in [3.05, 3.63) is 15.8 Å². The molecule has 0 bridgehead atoms. The summed E-state index contributed by atoms with van der Waals surface area (Å²) >= 11 is 1.67. The number of carbonyl (C=O) groups excluding carboxylic acids is 1. The number of carbonyl (C=O) groups is 1. The summed E-state index contributed by atoms with van der Waals surface area (Å²) < 4.78 is 5.19. The molecular weight excluding hydrogens is 222 g/mol. The van der Waals surface area contributed by atoms with Crippen LogP contribution in [0.2, 0.25) is 0 Å². The van der Waals surface area contributed by atoms with Crippen LogP contribution in [-0.2, 0) is 11.2 Å². The monoisotopic (exact) mass is 241 g/mol. The Balaban J connectivity index is 2.67. The zero-order valence-corrected chi connectivity index (χ0v) is 11.3. The van der Waals surface area contributed by atoms with Crippen molar-refractivity contribution >= 4 is 23.1 Å². The van der Waals surface area contributed by atoms with Crippen molar-refractivity contribution in [1.82, 2.24) is 0 Å². The van der Waals surface area contributed by atoms with Crippen LogP contribution in [0.3, 0.4) is 0 Å². The van der Waals surface area contributed by atoms with Crippen LogP contribution >= 0.6 is 11.3 Å². The molecule has 0 aliphatic heterocycles. The molecule has 0 aromatic carbocycles. The quantitative estimate of drug-likeness (QED) is 0.851. The number of aryl methyl sites for hydroxylation is 1. The predicted octanol–water partition coefficient (Wildman–Crippen LogP) is 3.97. The lowest BCUT2D eigenvalue weighted by Crippen LogP contribution is -2.27. The Morgan fingerprint density at radius 2 is 2.12 bits per heavy atom. The standard InChI is InChI=1S/C12H19NO2S/c1-6-10-8(2)9(7-16-10)13-11(14)15-12(3,4)5/h7H,6H2,1-5H3,(H,13,14). The summed E-state index contributed by atoms with van der Waals surface area (Å²) in [4.78, 5) is 12.8. The first-order valence-corrected chi connectivity index (χ1v) is 6.28. The van der Waals surface area contributed by atoms with Gasteiger partial charge in [-0.1, -0.05) is 6.92 Å². The number of rotatable bonds is 2. The molecule has 4 heteroatoms. The summed E-state index contributed by atoms with van der Waals surface area (Å²) in [6.45, 7) is 9.68. The number of amides is 1. The topological polar surface area (TPSA) is 38.3 Å². The normalized spacial score (nSPS) is 11.3. The van der Waals surface area contributed by atoms with Gasteiger partial charge in [-0.15, -0.1) is 11.3 Å². The van der Waals surface area contributed by atoms with Crippen LogP contribution in [0.4, 0.5) is 10.5 Å². The molecule has 0 radical (unpaired) electrons. The number of hydrogen-bond acceptors (Lipinski definition) is 3. The van der Waals surface area contributed by atoms with E-state index < -0.39 is 11.7 Å². The number of thiophene rings is 1. The Morgan fingerprint density at radius 3 is 2.56 bits per heavy atom. The van der Waals surface area contributed by atoms with Crippen molar-refractivity contribution < 1.29 is 9.53 Å². The molecule has 0 unspecified atom stereocenters. The van der Waals surface area contributed by atoms with Crippen LogP contribution in [0.15, 0.2) is 5.38 Å². The SMILES string of the molecule is CCc1scc(NC(=O)OC(C)(C)C)c1C. The van der Waals surface area contributed by atoms with Gasteiger partial charge >= 0.3 is 6.09 Å². The lowest BCUT2D eigenvalue weighted by atomic mass is 10.2. The molecule has 1 rings (SSSR count). The minimum Gasteiger partial charge on any atom is -0.444 e. The molecule has 1 amide bonds. The van der Waals surface area contributed by atoms with Crippen molar-refractivity contribution in [3.63, 3.8) is 0 Å². The summed E-state index contributed by atoms with van der Waals surface area (Å²) in [5.74, 6) is 0. The molecule has 0 atom stereocenters. The maximum atomic E-state index is 11.5. The summed E-state index contributed by atoms with van der Waals surface area (Å²) in [5.41, 5.74) is 1.54. The first kappa shape index (κ1) is 13.0. The molecule has 0 saturated carbocycles. The van der Waals surface area contributed by atoms with E-state index in [2.05, 4.69) is 12.2 Å². The largest absolute Gasteiger partial charge is 0.444 e. The summed E-state index contributed by atoms with van der Waals surface area (Å²) in [6, 6.07) is 0. The van der Waals surface area contributed by atoms with Crippen LogP contribution in [0.25, 0.3) is 0 Å². The van der Waals surface area contributed by atoms with Crippen LogP contribution < -0.4 is 5.32 Å². The maximum absolute atomic E-state index is 11.5. The molecule has 1 N–H and O–H groups in total. The summed E-state index contributed by atoms with van der Waals surface area (Å²) in [6.07, 6.45) is 0.600. The molecule has 0 fully saturated rings. The fourth-order valence-corrected chi connectivity index (χ4v) is 2.29. The molecular formula is C12H19NO2S. The van der Waals surface area contributed by atoms with Crippen LogP contribution in [-0.4, -0.2) is 11.7 Å². The fourth-order valence-electron chi connectivity index (χ4n) is 1.34. The Hall–Kier alpha value is -1.03. The van der Waals surface area contributed by atoms with Gasteiger partial charge in [0.15, 0.2) is 0 Å². The molecule has 0 spiro atoms. The highest BCUT2D eigenvalue weighted by Gasteiger charge is 2.17. The summed E-state index contributed by atoms with van der Waals surface area (Å²) in [7, 11) is 0. The average molecular weight is 241 g/mol. The second kappa shape index (κ2) is 4.87. The Labute approximate surface area is 101 Å². The zero-order chi connectivity index (χ0) is 12.3. The van der Waals surface area contributed by atoms with Gasteiger partial charge in [0.05, 0.1) is 5.69 Å².